The Hall–Kier alpha value is -6.15. The number of hydrogen-bond donors (Lipinski definition) is 6. The number of ketones is 9. The number of amides is 6. The Morgan fingerprint density at radius 1 is 0.144 bits per heavy atom. The molecule has 6 amide bonds. The van der Waals surface area contributed by atoms with Crippen molar-refractivity contribution in [3.63, 3.8) is 0 Å². The van der Waals surface area contributed by atoms with Crippen LogP contribution in [0.3, 0.4) is 0 Å². The van der Waals surface area contributed by atoms with E-state index in [1.165, 1.54) is 96.3 Å². The van der Waals surface area contributed by atoms with Gasteiger partial charge < -0.3 is 31.9 Å². The van der Waals surface area contributed by atoms with Crippen molar-refractivity contribution >= 4 is 87.5 Å². The Morgan fingerprint density at radius 2 is 0.288 bits per heavy atom. The predicted octanol–water partition coefficient (Wildman–Crippen LogP) is 25.7. The van der Waals surface area contributed by atoms with Gasteiger partial charge >= 0.3 is 0 Å². The summed E-state index contributed by atoms with van der Waals surface area (Å²) in [6, 6.07) is 0. The first-order valence-corrected chi connectivity index (χ1v) is 53.7. The largest absolute Gasteiger partial charge is 0.356 e. The standard InChI is InChI=1S/C20H37NO3.C19H36N2O3.2C19H37NO2.C18H33NO3.C16H30O2/c1-16(2)18(22)13-11-9-7-5-6-8-10-12-14-20(24)21-15-19(23)17(3)4;1-15(2)13-20-18(23)11-9-7-5-6-8-10-12-19(24)21-14-17(22)16(3)4;1-16(2)12-11-15-20-19(22)14-10-8-6-5-7-9-13-18(21)17(3)4;1-16(2)13-11-9-7-5-6-8-10-12-14-19(22)20-15-18(21)17(3)4;1-14(2)16(20)11-9-7-5-6-8-10-12-18(22)19-13-17(21)15(3)4;1-13(2)15(17)11-9-7-5-6-8-10-12-16(18)14(3)4/h16-17H,5-15H2,1-4H3,(H,21,24);15-16H,5-14H2,1-4H3,(H,20,23)(H,21,24);2*16-17H,5-15H2,1-4H3,(H,20,22);14-15H,5-13H2,1-4H3,(H,19,22);13-14H,5-12H2,1-4H3. The monoisotopic (exact) mass is 1870 g/mol. The molecule has 0 atom stereocenters. The van der Waals surface area contributed by atoms with Crippen LogP contribution in [-0.4, -0.2) is 127 Å². The third-order valence-corrected chi connectivity index (χ3v) is 23.4. The van der Waals surface area contributed by atoms with Gasteiger partial charge in [-0.1, -0.05) is 359 Å². The zero-order valence-electron chi connectivity index (χ0n) is 90.0. The summed E-state index contributed by atoms with van der Waals surface area (Å²) in [4.78, 5) is 172. The molecule has 0 heterocycles. The van der Waals surface area contributed by atoms with Gasteiger partial charge in [0.15, 0.2) is 23.1 Å². The Balaban J connectivity index is -0.000000362. The molecular formula is C111H210N6O15. The molecule has 0 aliphatic carbocycles. The zero-order valence-corrected chi connectivity index (χ0v) is 90.0. The molecule has 0 aromatic carbocycles. The van der Waals surface area contributed by atoms with Crippen molar-refractivity contribution in [1.29, 1.82) is 0 Å². The van der Waals surface area contributed by atoms with Gasteiger partial charge in [-0.2, -0.15) is 0 Å². The highest BCUT2D eigenvalue weighted by atomic mass is 16.2. The fourth-order valence-electron chi connectivity index (χ4n) is 13.3. The molecule has 21 heteroatoms. The molecular weight excluding hydrogens is 1660 g/mol. The average molecular weight is 1870 g/mol. The van der Waals surface area contributed by atoms with Crippen molar-refractivity contribution in [3.8, 4) is 0 Å². The fraction of sp³-hybridized carbons (Fsp3) is 0.865. The third-order valence-electron chi connectivity index (χ3n) is 23.4. The number of carbonyl (C=O) groups is 15. The van der Waals surface area contributed by atoms with Crippen LogP contribution < -0.4 is 31.9 Å². The van der Waals surface area contributed by atoms with Gasteiger partial charge in [0.1, 0.15) is 28.9 Å². The first-order valence-electron chi connectivity index (χ1n) is 53.7. The SMILES string of the molecule is CC(C)C(=O)CCCCCCCCC(=O)C(C)C.CC(C)C(=O)CCCCCCCCC(=O)NCC(=O)C(C)C.CC(C)C(=O)CCCCCCCCCCC(=O)NCC(=O)C(C)C.CC(C)CCCCCCCCCCC(=O)NCC(=O)C(C)C.CC(C)CCCNC(=O)CCCCCCCCC(=O)C(C)C.CC(C)CNC(=O)CCCCCCCCC(=O)NCC(=O)C(C)C. The van der Waals surface area contributed by atoms with Crippen molar-refractivity contribution in [2.24, 2.45) is 71.0 Å². The van der Waals surface area contributed by atoms with Gasteiger partial charge in [-0.05, 0) is 101 Å². The highest BCUT2D eigenvalue weighted by molar-refractivity contribution is 5.89. The summed E-state index contributed by atoms with van der Waals surface area (Å²) in [5.41, 5.74) is 0. The molecule has 0 aromatic rings. The minimum absolute atomic E-state index is 0.000776. The van der Waals surface area contributed by atoms with Gasteiger partial charge in [0.05, 0.1) is 26.2 Å². The van der Waals surface area contributed by atoms with E-state index in [9.17, 15) is 71.9 Å². The molecule has 0 fully saturated rings. The number of rotatable bonds is 81. The van der Waals surface area contributed by atoms with Crippen molar-refractivity contribution in [2.45, 2.75) is 513 Å². The Bertz CT molecular complexity index is 2900. The molecule has 21 nitrogen and oxygen atoms in total. The topological polar surface area (TPSA) is 328 Å². The highest BCUT2D eigenvalue weighted by Gasteiger charge is 2.17. The molecule has 0 bridgehead atoms. The summed E-state index contributed by atoms with van der Waals surface area (Å²) >= 11 is 0. The number of carbonyl (C=O) groups excluding carboxylic acids is 15. The van der Waals surface area contributed by atoms with E-state index in [1.54, 1.807) is 0 Å². The van der Waals surface area contributed by atoms with Crippen LogP contribution in [0.2, 0.25) is 0 Å². The summed E-state index contributed by atoms with van der Waals surface area (Å²) in [5.74, 6) is 5.35. The second kappa shape index (κ2) is 96.5. The van der Waals surface area contributed by atoms with Gasteiger partial charge in [0.2, 0.25) is 35.4 Å². The van der Waals surface area contributed by atoms with Crippen molar-refractivity contribution in [2.75, 3.05) is 39.3 Å². The molecule has 774 valence electrons. The molecule has 0 spiro atoms. The van der Waals surface area contributed by atoms with Crippen molar-refractivity contribution in [3.05, 3.63) is 0 Å². The van der Waals surface area contributed by atoms with E-state index in [1.807, 2.05) is 125 Å². The molecule has 0 radical (unpaired) electrons. The quantitative estimate of drug-likeness (QED) is 0.0308. The van der Waals surface area contributed by atoms with Crippen molar-refractivity contribution in [1.82, 2.24) is 31.9 Å². The smallest absolute Gasteiger partial charge is 0.220 e. The molecule has 132 heavy (non-hydrogen) atoms. The Labute approximate surface area is 810 Å². The third kappa shape index (κ3) is 108. The Morgan fingerprint density at radius 3 is 0.455 bits per heavy atom. The predicted molar refractivity (Wildman–Crippen MR) is 550 cm³/mol. The number of unbranched alkanes of at least 4 members (excludes halogenated alkanes) is 34. The molecule has 0 saturated carbocycles. The van der Waals surface area contributed by atoms with Crippen LogP contribution in [-0.2, 0) is 71.9 Å². The average Bonchev–Trinajstić information content (AvgIpc) is 0.985. The molecule has 0 aliphatic rings. The molecule has 0 aromatic heterocycles. The van der Waals surface area contributed by atoms with Crippen LogP contribution in [0.5, 0.6) is 0 Å². The van der Waals surface area contributed by atoms with Crippen LogP contribution in [0.4, 0.5) is 0 Å². The molecule has 0 saturated heterocycles. The van der Waals surface area contributed by atoms with E-state index in [0.717, 1.165) is 224 Å². The lowest BCUT2D eigenvalue weighted by molar-refractivity contribution is -0.126. The van der Waals surface area contributed by atoms with Crippen LogP contribution in [0, 0.1) is 71.0 Å². The molecule has 0 aliphatic heterocycles. The zero-order chi connectivity index (χ0) is 101. The van der Waals surface area contributed by atoms with Gasteiger partial charge in [0.25, 0.3) is 0 Å². The minimum Gasteiger partial charge on any atom is -0.356 e. The summed E-state index contributed by atoms with van der Waals surface area (Å²) in [5, 5.41) is 16.7. The summed E-state index contributed by atoms with van der Waals surface area (Å²) in [7, 11) is 0. The number of Topliss-reactive ketones (excluding diaryl/α,β-unsaturated/α-hetero) is 9. The van der Waals surface area contributed by atoms with E-state index in [2.05, 4.69) is 73.4 Å². The van der Waals surface area contributed by atoms with Crippen LogP contribution >= 0.6 is 0 Å². The summed E-state index contributed by atoms with van der Waals surface area (Å²) < 4.78 is 0. The van der Waals surface area contributed by atoms with Crippen LogP contribution in [0.15, 0.2) is 0 Å². The van der Waals surface area contributed by atoms with Gasteiger partial charge in [-0.15, -0.1) is 0 Å². The summed E-state index contributed by atoms with van der Waals surface area (Å²) in [6.45, 7) is 49.8. The van der Waals surface area contributed by atoms with Gasteiger partial charge in [0, 0.05) is 137 Å². The van der Waals surface area contributed by atoms with E-state index in [-0.39, 0.29) is 138 Å². The number of hydrogen-bond acceptors (Lipinski definition) is 15. The van der Waals surface area contributed by atoms with E-state index < -0.39 is 0 Å². The first-order chi connectivity index (χ1) is 62.3. The van der Waals surface area contributed by atoms with Gasteiger partial charge in [-0.3, -0.25) is 71.9 Å². The van der Waals surface area contributed by atoms with Gasteiger partial charge in [-0.25, -0.2) is 0 Å². The molecule has 0 rings (SSSR count). The normalized spacial score (nSPS) is 11.1. The molecule has 6 N–H and O–H groups in total. The second-order valence-corrected chi connectivity index (χ2v) is 41.4. The lowest BCUT2D eigenvalue weighted by Gasteiger charge is -2.07. The second-order valence-electron chi connectivity index (χ2n) is 41.4. The highest BCUT2D eigenvalue weighted by Crippen LogP contribution is 2.19. The lowest BCUT2D eigenvalue weighted by atomic mass is 10.00. The number of nitrogens with one attached hydrogen (secondary N) is 6. The van der Waals surface area contributed by atoms with Crippen molar-refractivity contribution < 1.29 is 71.9 Å². The maximum absolute atomic E-state index is 11.6. The fourth-order valence-corrected chi connectivity index (χ4v) is 13.3. The van der Waals surface area contributed by atoms with E-state index >= 15 is 0 Å². The van der Waals surface area contributed by atoms with Crippen LogP contribution in [0.25, 0.3) is 0 Å². The lowest BCUT2D eigenvalue weighted by Crippen LogP contribution is -2.31. The van der Waals surface area contributed by atoms with E-state index in [4.69, 9.17) is 0 Å². The maximum atomic E-state index is 11.6. The van der Waals surface area contributed by atoms with Crippen LogP contribution in [0.1, 0.15) is 513 Å². The minimum atomic E-state index is -0.0363. The summed E-state index contributed by atoms with van der Waals surface area (Å²) in [6.07, 6.45) is 55.1. The molecule has 0 unspecified atom stereocenters. The Kier molecular flexibility index (Phi) is 99.9. The maximum Gasteiger partial charge on any atom is 0.220 e. The van der Waals surface area contributed by atoms with E-state index in [0.29, 0.717) is 85.7 Å². The first kappa shape index (κ1) is 137.